The summed E-state index contributed by atoms with van der Waals surface area (Å²) in [6.07, 6.45) is 7.20. The van der Waals surface area contributed by atoms with Crippen molar-refractivity contribution in [1.82, 2.24) is 20.8 Å². The van der Waals surface area contributed by atoms with Crippen LogP contribution in [0.1, 0.15) is 45.4 Å². The molecular formula is C23H33ClN4O2S. The molecule has 2 aromatic rings. The molecule has 1 aliphatic heterocycles. The van der Waals surface area contributed by atoms with Gasteiger partial charge in [-0.1, -0.05) is 81.0 Å². The van der Waals surface area contributed by atoms with Crippen LogP contribution in [-0.2, 0) is 0 Å². The zero-order valence-electron chi connectivity index (χ0n) is 18.2. The Morgan fingerprint density at radius 1 is 1.00 bits per heavy atom. The maximum atomic E-state index is 12.1. The first-order valence-corrected chi connectivity index (χ1v) is 12.4. The number of aromatic nitrogens is 2. The van der Waals surface area contributed by atoms with Gasteiger partial charge in [-0.05, 0) is 18.2 Å². The predicted octanol–water partition coefficient (Wildman–Crippen LogP) is 5.57. The molecule has 1 saturated heterocycles. The van der Waals surface area contributed by atoms with E-state index in [4.69, 9.17) is 16.3 Å². The van der Waals surface area contributed by atoms with Crippen LogP contribution in [0.2, 0.25) is 5.15 Å². The molecule has 0 radical (unpaired) electrons. The molecule has 1 fully saturated rings. The Balaban J connectivity index is 0.000000488. The molecule has 1 aromatic heterocycles. The fourth-order valence-electron chi connectivity index (χ4n) is 2.99. The fourth-order valence-corrected chi connectivity index (χ4v) is 3.79. The zero-order valence-corrected chi connectivity index (χ0v) is 19.8. The number of hydrogen-bond donors (Lipinski definition) is 2. The molecule has 8 heteroatoms. The van der Waals surface area contributed by atoms with Crippen molar-refractivity contribution in [2.45, 2.75) is 45.4 Å². The van der Waals surface area contributed by atoms with Crippen molar-refractivity contribution >= 4 is 28.7 Å². The van der Waals surface area contributed by atoms with Crippen LogP contribution in [-0.4, -0.2) is 47.4 Å². The molecule has 1 aromatic carbocycles. The van der Waals surface area contributed by atoms with Gasteiger partial charge in [0.05, 0.1) is 0 Å². The average molecular weight is 465 g/mol. The first-order chi connectivity index (χ1) is 15.2. The summed E-state index contributed by atoms with van der Waals surface area (Å²) in [7, 11) is 0. The Hall–Kier alpha value is -1.67. The topological polar surface area (TPSA) is 76.1 Å². The highest BCUT2D eigenvalue weighted by Gasteiger charge is 2.14. The maximum Gasteiger partial charge on any atom is 0.372 e. The highest BCUT2D eigenvalue weighted by molar-refractivity contribution is 8.13. The lowest BCUT2D eigenvalue weighted by Crippen LogP contribution is -2.39. The van der Waals surface area contributed by atoms with Crippen LogP contribution in [0.25, 0.3) is 11.3 Å². The van der Waals surface area contributed by atoms with E-state index in [2.05, 4.69) is 27.8 Å². The van der Waals surface area contributed by atoms with Crippen molar-refractivity contribution in [2.75, 3.05) is 31.9 Å². The largest absolute Gasteiger partial charge is 0.416 e. The number of hydrogen-bond acceptors (Lipinski definition) is 7. The van der Waals surface area contributed by atoms with E-state index in [0.717, 1.165) is 50.3 Å². The number of unbranched alkanes of at least 4 members (excludes halogenated alkanes) is 5. The van der Waals surface area contributed by atoms with Gasteiger partial charge in [-0.2, -0.15) is 0 Å². The lowest BCUT2D eigenvalue weighted by atomic mass is 10.1. The van der Waals surface area contributed by atoms with Crippen LogP contribution in [0.4, 0.5) is 4.79 Å². The number of benzene rings is 1. The molecule has 3 rings (SSSR count). The van der Waals surface area contributed by atoms with E-state index in [1.165, 1.54) is 43.5 Å². The fraction of sp³-hybridized carbons (Fsp3) is 0.522. The van der Waals surface area contributed by atoms with Crippen LogP contribution in [0.15, 0.2) is 36.4 Å². The molecule has 0 atom stereocenters. The van der Waals surface area contributed by atoms with Crippen LogP contribution in [0.5, 0.6) is 5.75 Å². The van der Waals surface area contributed by atoms with E-state index in [0.29, 0.717) is 11.4 Å². The minimum atomic E-state index is -0.338. The van der Waals surface area contributed by atoms with E-state index in [1.54, 1.807) is 0 Å². The third-order valence-corrected chi connectivity index (χ3v) is 5.64. The number of carbonyl (C=O) groups excluding carboxylic acids is 1. The van der Waals surface area contributed by atoms with Gasteiger partial charge in [-0.3, -0.25) is 0 Å². The number of piperazine rings is 1. The second-order valence-corrected chi connectivity index (χ2v) is 8.63. The number of thioether (sulfide) groups is 1. The molecule has 2 N–H and O–H groups in total. The third kappa shape index (κ3) is 11.0. The summed E-state index contributed by atoms with van der Waals surface area (Å²) in [4.78, 5) is 12.1. The summed E-state index contributed by atoms with van der Waals surface area (Å²) in [5.41, 5.74) is 1.34. The summed E-state index contributed by atoms with van der Waals surface area (Å²) in [6.45, 7) is 6.76. The first-order valence-electron chi connectivity index (χ1n) is 11.1. The number of nitrogens with zero attached hydrogens (tertiary/aromatic N) is 2. The zero-order chi connectivity index (χ0) is 22.2. The normalized spacial score (nSPS) is 13.2. The van der Waals surface area contributed by atoms with Gasteiger partial charge < -0.3 is 15.4 Å². The molecule has 0 unspecified atom stereocenters. The molecule has 0 amide bonds. The highest BCUT2D eigenvalue weighted by atomic mass is 35.5. The van der Waals surface area contributed by atoms with Crippen molar-refractivity contribution < 1.29 is 9.53 Å². The Labute approximate surface area is 194 Å². The predicted molar refractivity (Wildman–Crippen MR) is 130 cm³/mol. The van der Waals surface area contributed by atoms with Crippen molar-refractivity contribution in [2.24, 2.45) is 0 Å². The first kappa shape index (κ1) is 25.6. The number of rotatable bonds is 9. The second-order valence-electron chi connectivity index (χ2n) is 7.21. The molecule has 0 aliphatic carbocycles. The summed E-state index contributed by atoms with van der Waals surface area (Å²) >= 11 is 7.10. The Morgan fingerprint density at radius 2 is 1.65 bits per heavy atom. The number of nitrogens with one attached hydrogen (secondary N) is 2. The minimum absolute atomic E-state index is 0.198. The summed E-state index contributed by atoms with van der Waals surface area (Å²) in [5.74, 6) is 1.10. The van der Waals surface area contributed by atoms with Gasteiger partial charge in [0.2, 0.25) is 0 Å². The monoisotopic (exact) mass is 464 g/mol. The molecular weight excluding hydrogens is 432 g/mol. The molecule has 0 saturated carbocycles. The minimum Gasteiger partial charge on any atom is -0.416 e. The Kier molecular flexibility index (Phi) is 13.2. The van der Waals surface area contributed by atoms with Crippen molar-refractivity contribution in [3.05, 3.63) is 41.6 Å². The standard InChI is InChI=1S/C19H23ClN2O2S.C4H10N2/c1-2-3-4-5-6-10-13-25-19(23)24-16-14-17(20)21-22-18(16)15-11-8-7-9-12-15;1-2-6-4-3-5-1/h7-9,11-12,14H,2-6,10,13H2,1H3;5-6H,1-4H2. The maximum absolute atomic E-state index is 12.1. The van der Waals surface area contributed by atoms with E-state index < -0.39 is 0 Å². The summed E-state index contributed by atoms with van der Waals surface area (Å²) in [5, 5.41) is 14.2. The average Bonchev–Trinajstić information content (AvgIpc) is 2.81. The molecule has 170 valence electrons. The highest BCUT2D eigenvalue weighted by Crippen LogP contribution is 2.30. The number of halogens is 1. The van der Waals surface area contributed by atoms with Gasteiger partial charge in [-0.15, -0.1) is 10.2 Å². The van der Waals surface area contributed by atoms with E-state index in [9.17, 15) is 4.79 Å². The molecule has 0 spiro atoms. The summed E-state index contributed by atoms with van der Waals surface area (Å²) in [6, 6.07) is 11.0. The molecule has 31 heavy (non-hydrogen) atoms. The molecule has 6 nitrogen and oxygen atoms in total. The molecule has 1 aliphatic rings. The number of carbonyl (C=O) groups is 1. The molecule has 2 heterocycles. The second kappa shape index (κ2) is 16.0. The van der Waals surface area contributed by atoms with Gasteiger partial charge in [0, 0.05) is 43.6 Å². The van der Waals surface area contributed by atoms with Gasteiger partial charge in [-0.25, -0.2) is 4.79 Å². The van der Waals surface area contributed by atoms with Crippen LogP contribution in [0, 0.1) is 0 Å². The van der Waals surface area contributed by atoms with Gasteiger partial charge in [0.1, 0.15) is 5.69 Å². The van der Waals surface area contributed by atoms with Gasteiger partial charge in [0.15, 0.2) is 10.9 Å². The van der Waals surface area contributed by atoms with Crippen LogP contribution in [0.3, 0.4) is 0 Å². The van der Waals surface area contributed by atoms with E-state index in [-0.39, 0.29) is 10.5 Å². The SMILES string of the molecule is C1CNCCN1.CCCCCCCCSC(=O)Oc1cc(Cl)nnc1-c1ccccc1. The molecule has 0 bridgehead atoms. The smallest absolute Gasteiger partial charge is 0.372 e. The van der Waals surface area contributed by atoms with Crippen molar-refractivity contribution in [1.29, 1.82) is 0 Å². The van der Waals surface area contributed by atoms with Crippen molar-refractivity contribution in [3.63, 3.8) is 0 Å². The van der Waals surface area contributed by atoms with Gasteiger partial charge >= 0.3 is 5.30 Å². The lowest BCUT2D eigenvalue weighted by molar-refractivity contribution is 0.227. The van der Waals surface area contributed by atoms with E-state index in [1.807, 2.05) is 30.3 Å². The van der Waals surface area contributed by atoms with Crippen LogP contribution < -0.4 is 15.4 Å². The Morgan fingerprint density at radius 3 is 2.29 bits per heavy atom. The van der Waals surface area contributed by atoms with Crippen LogP contribution >= 0.6 is 23.4 Å². The quantitative estimate of drug-likeness (QED) is 0.371. The number of ether oxygens (including phenoxy) is 1. The Bertz CT molecular complexity index is 749. The van der Waals surface area contributed by atoms with Gasteiger partial charge in [0.25, 0.3) is 0 Å². The summed E-state index contributed by atoms with van der Waals surface area (Å²) < 4.78 is 5.46. The van der Waals surface area contributed by atoms with Crippen molar-refractivity contribution in [3.8, 4) is 17.0 Å². The lowest BCUT2D eigenvalue weighted by Gasteiger charge is -2.11. The van der Waals surface area contributed by atoms with E-state index >= 15 is 0 Å². The third-order valence-electron chi connectivity index (χ3n) is 4.64.